The van der Waals surface area contributed by atoms with E-state index in [9.17, 15) is 14.7 Å². The lowest BCUT2D eigenvalue weighted by Crippen LogP contribution is -2.49. The molecule has 1 aromatic heterocycles. The summed E-state index contributed by atoms with van der Waals surface area (Å²) >= 11 is 1.59. The Morgan fingerprint density at radius 3 is 2.72 bits per heavy atom. The van der Waals surface area contributed by atoms with Crippen molar-refractivity contribution >= 4 is 23.1 Å². The highest BCUT2D eigenvalue weighted by Gasteiger charge is 2.61. The minimum absolute atomic E-state index is 0.0836. The van der Waals surface area contributed by atoms with Crippen molar-refractivity contribution < 1.29 is 14.7 Å². The zero-order valence-electron chi connectivity index (χ0n) is 13.9. The van der Waals surface area contributed by atoms with Gasteiger partial charge in [0.25, 0.3) is 0 Å². The van der Waals surface area contributed by atoms with Crippen molar-refractivity contribution in [2.24, 2.45) is 11.3 Å². The first-order chi connectivity index (χ1) is 12.1. The molecular formula is C20H21NO3S. The number of nitrogens with zero attached hydrogens (tertiary/aromatic N) is 1. The van der Waals surface area contributed by atoms with E-state index in [-0.39, 0.29) is 11.7 Å². The zero-order chi connectivity index (χ0) is 17.4. The SMILES string of the molecule is O=C1CCC(c2ccsc2)C2(C(=O)O)CN(Cc3ccccc3)CC12. The summed E-state index contributed by atoms with van der Waals surface area (Å²) in [5, 5.41) is 14.2. The summed E-state index contributed by atoms with van der Waals surface area (Å²) in [4.78, 5) is 27.2. The summed E-state index contributed by atoms with van der Waals surface area (Å²) in [6.45, 7) is 1.67. The van der Waals surface area contributed by atoms with E-state index >= 15 is 0 Å². The number of carbonyl (C=O) groups is 2. The fourth-order valence-corrected chi connectivity index (χ4v) is 5.41. The van der Waals surface area contributed by atoms with E-state index in [1.807, 2.05) is 47.2 Å². The van der Waals surface area contributed by atoms with Crippen LogP contribution < -0.4 is 0 Å². The lowest BCUT2D eigenvalue weighted by atomic mass is 9.59. The number of likely N-dealkylation sites (tertiary alicyclic amines) is 1. The number of benzene rings is 1. The predicted molar refractivity (Wildman–Crippen MR) is 96.6 cm³/mol. The van der Waals surface area contributed by atoms with Gasteiger partial charge in [-0.15, -0.1) is 0 Å². The van der Waals surface area contributed by atoms with Crippen LogP contribution in [0.1, 0.15) is 29.9 Å². The monoisotopic (exact) mass is 355 g/mol. The van der Waals surface area contributed by atoms with Gasteiger partial charge in [-0.05, 0) is 34.4 Å². The second-order valence-electron chi connectivity index (χ2n) is 7.17. The highest BCUT2D eigenvalue weighted by atomic mass is 32.1. The Bertz CT molecular complexity index is 774. The van der Waals surface area contributed by atoms with Gasteiger partial charge in [0, 0.05) is 37.9 Å². The molecule has 0 radical (unpaired) electrons. The van der Waals surface area contributed by atoms with Crippen molar-refractivity contribution in [1.29, 1.82) is 0 Å². The smallest absolute Gasteiger partial charge is 0.312 e. The van der Waals surface area contributed by atoms with Gasteiger partial charge in [0.05, 0.1) is 5.41 Å². The minimum atomic E-state index is -0.995. The number of ketones is 1. The first-order valence-corrected chi connectivity index (χ1v) is 9.60. The van der Waals surface area contributed by atoms with Gasteiger partial charge in [-0.2, -0.15) is 11.3 Å². The number of Topliss-reactive ketones (excluding diaryl/α,β-unsaturated/α-hetero) is 1. The van der Waals surface area contributed by atoms with Gasteiger partial charge in [0.2, 0.25) is 0 Å². The number of rotatable bonds is 4. The molecule has 0 amide bonds. The van der Waals surface area contributed by atoms with Crippen LogP contribution in [0.3, 0.4) is 0 Å². The Morgan fingerprint density at radius 2 is 2.04 bits per heavy atom. The van der Waals surface area contributed by atoms with E-state index in [1.54, 1.807) is 11.3 Å². The highest BCUT2D eigenvalue weighted by molar-refractivity contribution is 7.08. The third kappa shape index (κ3) is 2.71. The first kappa shape index (κ1) is 16.5. The number of hydrogen-bond donors (Lipinski definition) is 1. The molecule has 1 N–H and O–H groups in total. The summed E-state index contributed by atoms with van der Waals surface area (Å²) < 4.78 is 0. The van der Waals surface area contributed by atoms with E-state index in [0.717, 1.165) is 11.1 Å². The summed E-state index contributed by atoms with van der Waals surface area (Å²) in [5.74, 6) is -1.20. The summed E-state index contributed by atoms with van der Waals surface area (Å²) in [7, 11) is 0. The minimum Gasteiger partial charge on any atom is -0.481 e. The Hall–Kier alpha value is -1.98. The van der Waals surface area contributed by atoms with Gasteiger partial charge in [0.1, 0.15) is 5.78 Å². The van der Waals surface area contributed by atoms with E-state index in [0.29, 0.717) is 32.5 Å². The fraction of sp³-hybridized carbons (Fsp3) is 0.400. The third-order valence-electron chi connectivity index (χ3n) is 5.83. The molecule has 4 nitrogen and oxygen atoms in total. The third-order valence-corrected chi connectivity index (χ3v) is 6.53. The Balaban J connectivity index is 1.69. The van der Waals surface area contributed by atoms with Gasteiger partial charge in [0.15, 0.2) is 0 Å². The van der Waals surface area contributed by atoms with Gasteiger partial charge in [-0.3, -0.25) is 14.5 Å². The second kappa shape index (κ2) is 6.39. The maximum atomic E-state index is 12.6. The van der Waals surface area contributed by atoms with E-state index < -0.39 is 17.3 Å². The maximum Gasteiger partial charge on any atom is 0.312 e. The van der Waals surface area contributed by atoms with Gasteiger partial charge in [-0.1, -0.05) is 30.3 Å². The molecule has 25 heavy (non-hydrogen) atoms. The molecule has 2 heterocycles. The topological polar surface area (TPSA) is 57.6 Å². The molecule has 1 saturated carbocycles. The largest absolute Gasteiger partial charge is 0.481 e. The Morgan fingerprint density at radius 1 is 1.24 bits per heavy atom. The molecule has 3 atom stereocenters. The normalized spacial score (nSPS) is 29.5. The molecule has 5 heteroatoms. The number of thiophene rings is 1. The number of carbonyl (C=O) groups excluding carboxylic acids is 1. The van der Waals surface area contributed by atoms with Crippen LogP contribution in [0.5, 0.6) is 0 Å². The molecular weight excluding hydrogens is 334 g/mol. The molecule has 1 aliphatic carbocycles. The van der Waals surface area contributed by atoms with Crippen LogP contribution in [0, 0.1) is 11.3 Å². The number of fused-ring (bicyclic) bond motifs is 1. The number of carboxylic acids is 1. The molecule has 1 aromatic carbocycles. The fourth-order valence-electron chi connectivity index (χ4n) is 4.69. The first-order valence-electron chi connectivity index (χ1n) is 8.66. The summed E-state index contributed by atoms with van der Waals surface area (Å²) in [5.41, 5.74) is 1.23. The molecule has 1 saturated heterocycles. The second-order valence-corrected chi connectivity index (χ2v) is 7.95. The zero-order valence-corrected chi connectivity index (χ0v) is 14.7. The van der Waals surface area contributed by atoms with Crippen LogP contribution in [-0.4, -0.2) is 34.8 Å². The van der Waals surface area contributed by atoms with Crippen LogP contribution in [0.4, 0.5) is 0 Å². The predicted octanol–water partition coefficient (Wildman–Crippen LogP) is 3.40. The van der Waals surface area contributed by atoms with Crippen molar-refractivity contribution in [3.63, 3.8) is 0 Å². The Labute approximate surface area is 151 Å². The summed E-state index contributed by atoms with van der Waals surface area (Å²) in [6.07, 6.45) is 1.12. The lowest BCUT2D eigenvalue weighted by molar-refractivity contribution is -0.158. The van der Waals surface area contributed by atoms with Crippen LogP contribution in [0.15, 0.2) is 47.2 Å². The van der Waals surface area contributed by atoms with E-state index in [4.69, 9.17) is 0 Å². The average Bonchev–Trinajstić information content (AvgIpc) is 3.25. The molecule has 1 aliphatic heterocycles. The van der Waals surface area contributed by atoms with Gasteiger partial charge < -0.3 is 5.11 Å². The van der Waals surface area contributed by atoms with Gasteiger partial charge >= 0.3 is 5.97 Å². The van der Waals surface area contributed by atoms with Crippen LogP contribution in [-0.2, 0) is 16.1 Å². The molecule has 0 spiro atoms. The number of aliphatic carboxylic acids is 1. The van der Waals surface area contributed by atoms with Crippen LogP contribution >= 0.6 is 11.3 Å². The van der Waals surface area contributed by atoms with Crippen LogP contribution in [0.25, 0.3) is 0 Å². The number of hydrogen-bond acceptors (Lipinski definition) is 4. The maximum absolute atomic E-state index is 12.6. The standard InChI is InChI=1S/C20H21NO3S/c22-18-7-6-16(15-8-9-25-12-15)20(19(23)24)13-21(11-17(18)20)10-14-4-2-1-3-5-14/h1-5,8-9,12,16-17H,6-7,10-11,13H2,(H,23,24). The van der Waals surface area contributed by atoms with E-state index in [2.05, 4.69) is 4.90 Å². The summed E-state index contributed by atoms with van der Waals surface area (Å²) in [6, 6.07) is 12.1. The van der Waals surface area contributed by atoms with Crippen molar-refractivity contribution in [1.82, 2.24) is 4.90 Å². The highest BCUT2D eigenvalue weighted by Crippen LogP contribution is 2.54. The van der Waals surface area contributed by atoms with Crippen molar-refractivity contribution in [2.45, 2.75) is 25.3 Å². The Kier molecular flexibility index (Phi) is 4.21. The molecule has 2 aliphatic rings. The molecule has 2 fully saturated rings. The van der Waals surface area contributed by atoms with Crippen molar-refractivity contribution in [2.75, 3.05) is 13.1 Å². The van der Waals surface area contributed by atoms with Crippen molar-refractivity contribution in [3.05, 3.63) is 58.3 Å². The average molecular weight is 355 g/mol. The molecule has 2 aromatic rings. The molecule has 3 unspecified atom stereocenters. The number of carboxylic acid groups (broad SMARTS) is 1. The quantitative estimate of drug-likeness (QED) is 0.913. The lowest BCUT2D eigenvalue weighted by Gasteiger charge is -2.41. The molecule has 130 valence electrons. The van der Waals surface area contributed by atoms with Gasteiger partial charge in [-0.25, -0.2) is 0 Å². The van der Waals surface area contributed by atoms with Crippen molar-refractivity contribution in [3.8, 4) is 0 Å². The van der Waals surface area contributed by atoms with E-state index in [1.165, 1.54) is 0 Å². The molecule has 0 bridgehead atoms. The van der Waals surface area contributed by atoms with Crippen LogP contribution in [0.2, 0.25) is 0 Å². The molecule has 4 rings (SSSR count).